The Morgan fingerprint density at radius 2 is 1.88 bits per heavy atom. The third kappa shape index (κ3) is 5.36. The maximum absolute atomic E-state index is 11.4. The van der Waals surface area contributed by atoms with E-state index in [-0.39, 0.29) is 18.1 Å². The van der Waals surface area contributed by atoms with Crippen molar-refractivity contribution < 1.29 is 13.5 Å². The summed E-state index contributed by atoms with van der Waals surface area (Å²) >= 11 is 0. The number of rotatable bonds is 8. The number of hydrogen-bond acceptors (Lipinski definition) is 4. The zero-order valence-corrected chi connectivity index (χ0v) is 11.6. The molecule has 0 unspecified atom stereocenters. The normalized spacial score (nSPS) is 18.1. The van der Waals surface area contributed by atoms with Crippen molar-refractivity contribution in [2.45, 2.75) is 45.1 Å². The van der Waals surface area contributed by atoms with E-state index in [1.165, 1.54) is 25.7 Å². The predicted octanol–water partition coefficient (Wildman–Crippen LogP) is 1.05. The summed E-state index contributed by atoms with van der Waals surface area (Å²) in [5.74, 6) is 0.509. The molecular formula is C12H25NO3S. The van der Waals surface area contributed by atoms with Crippen molar-refractivity contribution in [3.63, 3.8) is 0 Å². The first kappa shape index (κ1) is 14.9. The van der Waals surface area contributed by atoms with Crippen LogP contribution in [0.4, 0.5) is 0 Å². The zero-order valence-electron chi connectivity index (χ0n) is 10.8. The van der Waals surface area contributed by atoms with E-state index in [9.17, 15) is 8.42 Å². The summed E-state index contributed by atoms with van der Waals surface area (Å²) in [4.78, 5) is 2.26. The Hall–Kier alpha value is -0.130. The first-order valence-electron chi connectivity index (χ1n) is 6.64. The van der Waals surface area contributed by atoms with E-state index in [0.717, 1.165) is 6.54 Å². The Bertz CT molecular complexity index is 297. The van der Waals surface area contributed by atoms with Gasteiger partial charge >= 0.3 is 0 Å². The number of hydrogen-bond donors (Lipinski definition) is 1. The quantitative estimate of drug-likeness (QED) is 0.711. The van der Waals surface area contributed by atoms with Crippen molar-refractivity contribution in [2.24, 2.45) is 0 Å². The van der Waals surface area contributed by atoms with Crippen LogP contribution in [0.5, 0.6) is 0 Å². The van der Waals surface area contributed by atoms with Gasteiger partial charge in [-0.25, -0.2) is 8.42 Å². The van der Waals surface area contributed by atoms with Gasteiger partial charge in [0.15, 0.2) is 0 Å². The van der Waals surface area contributed by atoms with E-state index < -0.39 is 9.84 Å². The molecular weight excluding hydrogens is 238 g/mol. The van der Waals surface area contributed by atoms with Crippen LogP contribution in [0, 0.1) is 0 Å². The number of aliphatic hydroxyl groups excluding tert-OH is 1. The SMILES string of the molecule is CCS(=O)(=O)CCCN(CCO)C1CCCC1. The zero-order chi connectivity index (χ0) is 12.7. The predicted molar refractivity (Wildman–Crippen MR) is 69.9 cm³/mol. The van der Waals surface area contributed by atoms with Gasteiger partial charge < -0.3 is 5.11 Å². The summed E-state index contributed by atoms with van der Waals surface area (Å²) in [6, 6.07) is 0.562. The van der Waals surface area contributed by atoms with Crippen molar-refractivity contribution in [3.8, 4) is 0 Å². The van der Waals surface area contributed by atoms with Crippen LogP contribution in [0.25, 0.3) is 0 Å². The number of sulfone groups is 1. The van der Waals surface area contributed by atoms with Crippen LogP contribution in [0.15, 0.2) is 0 Å². The molecule has 0 bridgehead atoms. The van der Waals surface area contributed by atoms with Crippen LogP contribution < -0.4 is 0 Å². The smallest absolute Gasteiger partial charge is 0.150 e. The molecule has 0 atom stereocenters. The Labute approximate surface area is 105 Å². The summed E-state index contributed by atoms with van der Waals surface area (Å²) < 4.78 is 22.8. The second kappa shape index (κ2) is 7.34. The molecule has 0 aromatic heterocycles. The Kier molecular flexibility index (Phi) is 6.44. The van der Waals surface area contributed by atoms with Gasteiger partial charge in [-0.2, -0.15) is 0 Å². The molecule has 1 saturated carbocycles. The van der Waals surface area contributed by atoms with Gasteiger partial charge in [-0.1, -0.05) is 19.8 Å². The molecule has 0 spiro atoms. The van der Waals surface area contributed by atoms with Crippen LogP contribution >= 0.6 is 0 Å². The van der Waals surface area contributed by atoms with E-state index in [2.05, 4.69) is 4.90 Å². The second-order valence-corrected chi connectivity index (χ2v) is 7.26. The van der Waals surface area contributed by atoms with Crippen LogP contribution in [-0.4, -0.2) is 55.7 Å². The van der Waals surface area contributed by atoms with Crippen molar-refractivity contribution in [2.75, 3.05) is 31.2 Å². The maximum Gasteiger partial charge on any atom is 0.150 e. The summed E-state index contributed by atoms with van der Waals surface area (Å²) in [5, 5.41) is 9.04. The molecule has 0 amide bonds. The third-order valence-corrected chi connectivity index (χ3v) is 5.36. The monoisotopic (exact) mass is 263 g/mol. The van der Waals surface area contributed by atoms with E-state index >= 15 is 0 Å². The Morgan fingerprint density at radius 1 is 1.24 bits per heavy atom. The van der Waals surface area contributed by atoms with Gasteiger partial charge in [-0.05, 0) is 25.8 Å². The first-order chi connectivity index (χ1) is 8.09. The third-order valence-electron chi connectivity index (χ3n) is 3.57. The van der Waals surface area contributed by atoms with E-state index in [4.69, 9.17) is 5.11 Å². The highest BCUT2D eigenvalue weighted by atomic mass is 32.2. The first-order valence-corrected chi connectivity index (χ1v) is 8.46. The second-order valence-electron chi connectivity index (χ2n) is 4.79. The van der Waals surface area contributed by atoms with Gasteiger partial charge in [0, 0.05) is 18.3 Å². The molecule has 0 aromatic carbocycles. The Morgan fingerprint density at radius 3 is 2.41 bits per heavy atom. The van der Waals surface area contributed by atoms with Gasteiger partial charge in [0.05, 0.1) is 12.4 Å². The summed E-state index contributed by atoms with van der Waals surface area (Å²) in [6.07, 6.45) is 5.60. The lowest BCUT2D eigenvalue weighted by Gasteiger charge is -2.27. The molecule has 0 aliphatic heterocycles. The van der Waals surface area contributed by atoms with Gasteiger partial charge in [0.25, 0.3) is 0 Å². The van der Waals surface area contributed by atoms with Gasteiger partial charge in [0.1, 0.15) is 9.84 Å². The maximum atomic E-state index is 11.4. The molecule has 0 heterocycles. The lowest BCUT2D eigenvalue weighted by molar-refractivity contribution is 0.152. The van der Waals surface area contributed by atoms with Gasteiger partial charge in [0.2, 0.25) is 0 Å². The molecule has 5 heteroatoms. The largest absolute Gasteiger partial charge is 0.395 e. The van der Waals surface area contributed by atoms with Crippen molar-refractivity contribution in [1.29, 1.82) is 0 Å². The fourth-order valence-corrected chi connectivity index (χ4v) is 3.36. The lowest BCUT2D eigenvalue weighted by atomic mass is 10.2. The Balaban J connectivity index is 2.34. The minimum Gasteiger partial charge on any atom is -0.395 e. The van der Waals surface area contributed by atoms with Crippen LogP contribution in [0.1, 0.15) is 39.0 Å². The minimum absolute atomic E-state index is 0.164. The van der Waals surface area contributed by atoms with Gasteiger partial charge in [-0.15, -0.1) is 0 Å². The summed E-state index contributed by atoms with van der Waals surface area (Å²) in [6.45, 7) is 3.33. The number of nitrogens with zero attached hydrogens (tertiary/aromatic N) is 1. The van der Waals surface area contributed by atoms with Crippen molar-refractivity contribution >= 4 is 9.84 Å². The standard InChI is InChI=1S/C12H25NO3S/c1-2-17(15,16)11-5-8-13(9-10-14)12-6-3-4-7-12/h12,14H,2-11H2,1H3. The number of aliphatic hydroxyl groups is 1. The molecule has 102 valence electrons. The lowest BCUT2D eigenvalue weighted by Crippen LogP contribution is -2.37. The van der Waals surface area contributed by atoms with Crippen LogP contribution in [0.2, 0.25) is 0 Å². The van der Waals surface area contributed by atoms with Crippen molar-refractivity contribution in [1.82, 2.24) is 4.90 Å². The molecule has 0 saturated heterocycles. The van der Waals surface area contributed by atoms with Crippen LogP contribution in [0.3, 0.4) is 0 Å². The van der Waals surface area contributed by atoms with Crippen LogP contribution in [-0.2, 0) is 9.84 Å². The summed E-state index contributed by atoms with van der Waals surface area (Å²) in [7, 11) is -2.84. The van der Waals surface area contributed by atoms with Gasteiger partial charge in [-0.3, -0.25) is 4.90 Å². The molecule has 4 nitrogen and oxygen atoms in total. The topological polar surface area (TPSA) is 57.6 Å². The van der Waals surface area contributed by atoms with Crippen molar-refractivity contribution in [3.05, 3.63) is 0 Å². The molecule has 1 N–H and O–H groups in total. The average Bonchev–Trinajstić information content (AvgIpc) is 2.81. The average molecular weight is 263 g/mol. The molecule has 0 radical (unpaired) electrons. The summed E-state index contributed by atoms with van der Waals surface area (Å²) in [5.41, 5.74) is 0. The molecule has 1 aliphatic carbocycles. The molecule has 1 fully saturated rings. The highest BCUT2D eigenvalue weighted by Crippen LogP contribution is 2.23. The fourth-order valence-electron chi connectivity index (χ4n) is 2.51. The highest BCUT2D eigenvalue weighted by Gasteiger charge is 2.22. The van der Waals surface area contributed by atoms with E-state index in [1.807, 2.05) is 0 Å². The molecule has 1 rings (SSSR count). The van der Waals surface area contributed by atoms with E-state index in [0.29, 0.717) is 19.0 Å². The molecule has 17 heavy (non-hydrogen) atoms. The minimum atomic E-state index is -2.84. The molecule has 1 aliphatic rings. The fraction of sp³-hybridized carbons (Fsp3) is 1.00. The molecule has 0 aromatic rings. The highest BCUT2D eigenvalue weighted by molar-refractivity contribution is 7.91. The van der Waals surface area contributed by atoms with E-state index in [1.54, 1.807) is 6.92 Å².